The first-order valence-corrected chi connectivity index (χ1v) is 8.61. The first-order chi connectivity index (χ1) is 12.6. The van der Waals surface area contributed by atoms with Crippen molar-refractivity contribution >= 4 is 17.6 Å². The number of esters is 1. The molecule has 2 N–H and O–H groups in total. The standard InChI is InChI=1S/C20H23FN2O3/c1-2-3-12-22-18-7-5-4-6-17(18)20(25)26-14-19(24)23-13-15-8-10-16(21)11-9-15/h4-11,22H,2-3,12-14H2,1H3,(H,23,24). The fraction of sp³-hybridized carbons (Fsp3) is 0.300. The molecule has 0 unspecified atom stereocenters. The van der Waals surface area contributed by atoms with Gasteiger partial charge in [-0.25, -0.2) is 9.18 Å². The van der Waals surface area contributed by atoms with E-state index in [1.807, 2.05) is 6.07 Å². The lowest BCUT2D eigenvalue weighted by molar-refractivity contribution is -0.124. The molecule has 0 fully saturated rings. The Morgan fingerprint density at radius 1 is 1.08 bits per heavy atom. The maximum Gasteiger partial charge on any atom is 0.340 e. The molecule has 0 heterocycles. The van der Waals surface area contributed by atoms with E-state index in [9.17, 15) is 14.0 Å². The van der Waals surface area contributed by atoms with Gasteiger partial charge in [-0.05, 0) is 36.2 Å². The summed E-state index contributed by atoms with van der Waals surface area (Å²) in [6, 6.07) is 12.9. The van der Waals surface area contributed by atoms with Crippen LogP contribution in [-0.4, -0.2) is 25.0 Å². The zero-order chi connectivity index (χ0) is 18.8. The van der Waals surface area contributed by atoms with Crippen LogP contribution in [-0.2, 0) is 16.1 Å². The number of ether oxygens (including phenoxy) is 1. The third-order valence-electron chi connectivity index (χ3n) is 3.73. The van der Waals surface area contributed by atoms with E-state index < -0.39 is 11.9 Å². The van der Waals surface area contributed by atoms with Gasteiger partial charge in [-0.1, -0.05) is 37.6 Å². The number of hydrogen-bond donors (Lipinski definition) is 2. The lowest BCUT2D eigenvalue weighted by Gasteiger charge is -2.11. The van der Waals surface area contributed by atoms with E-state index in [1.165, 1.54) is 12.1 Å². The fourth-order valence-corrected chi connectivity index (χ4v) is 2.28. The molecular formula is C20H23FN2O3. The van der Waals surface area contributed by atoms with E-state index in [1.54, 1.807) is 30.3 Å². The molecule has 0 saturated carbocycles. The maximum atomic E-state index is 12.8. The Hall–Kier alpha value is -2.89. The van der Waals surface area contributed by atoms with E-state index in [0.717, 1.165) is 24.9 Å². The summed E-state index contributed by atoms with van der Waals surface area (Å²) in [5, 5.41) is 5.83. The summed E-state index contributed by atoms with van der Waals surface area (Å²) in [4.78, 5) is 24.1. The van der Waals surface area contributed by atoms with Crippen molar-refractivity contribution in [1.82, 2.24) is 5.32 Å². The number of benzene rings is 2. The van der Waals surface area contributed by atoms with Crippen molar-refractivity contribution in [3.8, 4) is 0 Å². The number of rotatable bonds is 9. The van der Waals surface area contributed by atoms with Gasteiger partial charge in [0.25, 0.3) is 5.91 Å². The molecule has 0 radical (unpaired) electrons. The van der Waals surface area contributed by atoms with Crippen LogP contribution in [0.25, 0.3) is 0 Å². The van der Waals surface area contributed by atoms with Gasteiger partial charge >= 0.3 is 5.97 Å². The Kier molecular flexibility index (Phi) is 7.61. The number of hydrogen-bond acceptors (Lipinski definition) is 4. The lowest BCUT2D eigenvalue weighted by atomic mass is 10.1. The highest BCUT2D eigenvalue weighted by Gasteiger charge is 2.14. The van der Waals surface area contributed by atoms with Crippen LogP contribution in [0.15, 0.2) is 48.5 Å². The van der Waals surface area contributed by atoms with Crippen LogP contribution in [0.1, 0.15) is 35.7 Å². The molecule has 0 spiro atoms. The Bertz CT molecular complexity index is 732. The molecule has 2 aromatic carbocycles. The molecule has 2 aromatic rings. The van der Waals surface area contributed by atoms with E-state index in [4.69, 9.17) is 4.74 Å². The highest BCUT2D eigenvalue weighted by Crippen LogP contribution is 2.16. The minimum atomic E-state index is -0.554. The zero-order valence-electron chi connectivity index (χ0n) is 14.8. The maximum absolute atomic E-state index is 12.8. The van der Waals surface area contributed by atoms with Crippen LogP contribution in [0.4, 0.5) is 10.1 Å². The Balaban J connectivity index is 1.82. The molecule has 6 heteroatoms. The summed E-state index contributed by atoms with van der Waals surface area (Å²) in [6.07, 6.45) is 2.04. The predicted molar refractivity (Wildman–Crippen MR) is 98.4 cm³/mol. The van der Waals surface area contributed by atoms with Gasteiger partial charge in [-0.3, -0.25) is 4.79 Å². The molecule has 0 bridgehead atoms. The van der Waals surface area contributed by atoms with Crippen LogP contribution in [0.2, 0.25) is 0 Å². The van der Waals surface area contributed by atoms with E-state index in [0.29, 0.717) is 11.3 Å². The normalized spacial score (nSPS) is 10.2. The number of halogens is 1. The van der Waals surface area contributed by atoms with Gasteiger partial charge in [0, 0.05) is 18.8 Å². The monoisotopic (exact) mass is 358 g/mol. The number of nitrogens with one attached hydrogen (secondary N) is 2. The minimum Gasteiger partial charge on any atom is -0.452 e. The van der Waals surface area contributed by atoms with E-state index in [2.05, 4.69) is 17.6 Å². The highest BCUT2D eigenvalue weighted by atomic mass is 19.1. The van der Waals surface area contributed by atoms with Gasteiger partial charge < -0.3 is 15.4 Å². The van der Waals surface area contributed by atoms with Gasteiger partial charge in [-0.2, -0.15) is 0 Å². The Morgan fingerprint density at radius 2 is 1.81 bits per heavy atom. The SMILES string of the molecule is CCCCNc1ccccc1C(=O)OCC(=O)NCc1ccc(F)cc1. The van der Waals surface area contributed by atoms with E-state index in [-0.39, 0.29) is 19.0 Å². The minimum absolute atomic E-state index is 0.242. The van der Waals surface area contributed by atoms with E-state index >= 15 is 0 Å². The van der Waals surface area contributed by atoms with Gasteiger partial charge in [0.1, 0.15) is 5.82 Å². The molecule has 0 aliphatic rings. The number of carbonyl (C=O) groups is 2. The zero-order valence-corrected chi connectivity index (χ0v) is 14.8. The van der Waals surface area contributed by atoms with Gasteiger partial charge in [0.15, 0.2) is 6.61 Å². The molecular weight excluding hydrogens is 335 g/mol. The van der Waals surface area contributed by atoms with Crippen molar-refractivity contribution in [3.63, 3.8) is 0 Å². The van der Waals surface area contributed by atoms with Crippen molar-refractivity contribution in [3.05, 3.63) is 65.5 Å². The summed E-state index contributed by atoms with van der Waals surface area (Å²) in [7, 11) is 0. The number of anilines is 1. The van der Waals surface area contributed by atoms with Crippen molar-refractivity contribution in [2.24, 2.45) is 0 Å². The summed E-state index contributed by atoms with van der Waals surface area (Å²) in [6.45, 7) is 2.72. The van der Waals surface area contributed by atoms with Crippen molar-refractivity contribution < 1.29 is 18.7 Å². The Labute approximate surface area is 152 Å². The van der Waals surface area contributed by atoms with Crippen molar-refractivity contribution in [2.75, 3.05) is 18.5 Å². The van der Waals surface area contributed by atoms with Gasteiger partial charge in [-0.15, -0.1) is 0 Å². The second-order valence-corrected chi connectivity index (χ2v) is 5.81. The quantitative estimate of drug-likeness (QED) is 0.532. The number of amides is 1. The molecule has 0 atom stereocenters. The number of para-hydroxylation sites is 1. The average molecular weight is 358 g/mol. The molecule has 1 amide bonds. The molecule has 0 aliphatic heterocycles. The van der Waals surface area contributed by atoms with Crippen LogP contribution in [0, 0.1) is 5.82 Å². The summed E-state index contributed by atoms with van der Waals surface area (Å²) >= 11 is 0. The second kappa shape index (κ2) is 10.2. The topological polar surface area (TPSA) is 67.4 Å². The van der Waals surface area contributed by atoms with Crippen molar-refractivity contribution in [2.45, 2.75) is 26.3 Å². The lowest BCUT2D eigenvalue weighted by Crippen LogP contribution is -2.28. The number of carbonyl (C=O) groups excluding carboxylic acids is 2. The third-order valence-corrected chi connectivity index (χ3v) is 3.73. The molecule has 0 aromatic heterocycles. The van der Waals surface area contributed by atoms with Crippen LogP contribution in [0.3, 0.4) is 0 Å². The molecule has 138 valence electrons. The molecule has 5 nitrogen and oxygen atoms in total. The molecule has 26 heavy (non-hydrogen) atoms. The van der Waals surface area contributed by atoms with Gasteiger partial charge in [0.05, 0.1) is 5.56 Å². The third kappa shape index (κ3) is 6.20. The fourth-order valence-electron chi connectivity index (χ4n) is 2.28. The second-order valence-electron chi connectivity index (χ2n) is 5.81. The molecule has 0 saturated heterocycles. The summed E-state index contributed by atoms with van der Waals surface area (Å²) < 4.78 is 17.9. The predicted octanol–water partition coefficient (Wildman–Crippen LogP) is 3.51. The van der Waals surface area contributed by atoms with Gasteiger partial charge in [0.2, 0.25) is 0 Å². The smallest absolute Gasteiger partial charge is 0.340 e. The highest BCUT2D eigenvalue weighted by molar-refractivity contribution is 5.96. The summed E-state index contributed by atoms with van der Waals surface area (Å²) in [5.74, 6) is -1.30. The number of unbranched alkanes of at least 4 members (excludes halogenated alkanes) is 1. The Morgan fingerprint density at radius 3 is 2.54 bits per heavy atom. The average Bonchev–Trinajstić information content (AvgIpc) is 2.66. The largest absolute Gasteiger partial charge is 0.452 e. The summed E-state index contributed by atoms with van der Waals surface area (Å²) in [5.41, 5.74) is 1.85. The van der Waals surface area contributed by atoms with Crippen LogP contribution in [0.5, 0.6) is 0 Å². The van der Waals surface area contributed by atoms with Crippen molar-refractivity contribution in [1.29, 1.82) is 0 Å². The van der Waals surface area contributed by atoms with Crippen LogP contribution >= 0.6 is 0 Å². The first kappa shape index (κ1) is 19.4. The first-order valence-electron chi connectivity index (χ1n) is 8.61. The molecule has 2 rings (SSSR count). The van der Waals surface area contributed by atoms with Crippen LogP contribution < -0.4 is 10.6 Å². The molecule has 0 aliphatic carbocycles.